The average Bonchev–Trinajstić information content (AvgIpc) is 2.29. The molecule has 1 aliphatic rings. The number of aromatic nitrogens is 1. The first kappa shape index (κ1) is 13.1. The lowest BCUT2D eigenvalue weighted by Crippen LogP contribution is -2.40. The molecule has 0 radical (unpaired) electrons. The lowest BCUT2D eigenvalue weighted by molar-refractivity contribution is 0.0696. The van der Waals surface area contributed by atoms with Crippen molar-refractivity contribution in [2.24, 2.45) is 0 Å². The van der Waals surface area contributed by atoms with Crippen molar-refractivity contribution in [1.29, 1.82) is 0 Å². The van der Waals surface area contributed by atoms with Gasteiger partial charge in [0.1, 0.15) is 5.82 Å². The van der Waals surface area contributed by atoms with Crippen LogP contribution in [-0.2, 0) is 9.84 Å². The lowest BCUT2D eigenvalue weighted by atomic mass is 10.3. The number of aromatic carboxylic acids is 1. The molecule has 1 saturated heterocycles. The first-order chi connectivity index (χ1) is 8.39. The van der Waals surface area contributed by atoms with E-state index < -0.39 is 15.8 Å². The predicted molar refractivity (Wildman–Crippen MR) is 67.1 cm³/mol. The molecule has 0 spiro atoms. The first-order valence-electron chi connectivity index (χ1n) is 5.23. The van der Waals surface area contributed by atoms with Gasteiger partial charge in [-0.1, -0.05) is 11.6 Å². The second-order valence-corrected chi connectivity index (χ2v) is 6.68. The molecule has 1 fully saturated rings. The molecule has 1 aromatic heterocycles. The largest absolute Gasteiger partial charge is 0.478 e. The Hall–Kier alpha value is -1.34. The highest BCUT2D eigenvalue weighted by atomic mass is 35.5. The third kappa shape index (κ3) is 2.73. The standard InChI is InChI=1S/C10H11ClN2O4S/c11-8-5-7(10(14)15)6-12-9(8)13-1-3-18(16,17)4-2-13/h5-6H,1-4H2,(H,14,15). The molecular formula is C10H11ClN2O4S. The first-order valence-corrected chi connectivity index (χ1v) is 7.43. The van der Waals surface area contributed by atoms with Crippen LogP contribution in [0.1, 0.15) is 10.4 Å². The Morgan fingerprint density at radius 3 is 2.50 bits per heavy atom. The number of pyridine rings is 1. The number of halogens is 1. The zero-order chi connectivity index (χ0) is 13.3. The Morgan fingerprint density at radius 1 is 1.39 bits per heavy atom. The molecule has 0 aromatic carbocycles. The van der Waals surface area contributed by atoms with Crippen LogP contribution in [0.5, 0.6) is 0 Å². The number of carboxylic acid groups (broad SMARTS) is 1. The van der Waals surface area contributed by atoms with Crippen LogP contribution in [0.25, 0.3) is 0 Å². The molecule has 1 N–H and O–H groups in total. The van der Waals surface area contributed by atoms with Crippen molar-refractivity contribution in [3.8, 4) is 0 Å². The maximum absolute atomic E-state index is 11.3. The molecule has 18 heavy (non-hydrogen) atoms. The molecule has 98 valence electrons. The molecule has 1 aliphatic heterocycles. The average molecular weight is 291 g/mol. The van der Waals surface area contributed by atoms with Gasteiger partial charge in [-0.3, -0.25) is 0 Å². The molecule has 1 aromatic rings. The van der Waals surface area contributed by atoms with Crippen LogP contribution in [-0.4, -0.2) is 49.1 Å². The zero-order valence-corrected chi connectivity index (χ0v) is 10.9. The van der Waals surface area contributed by atoms with E-state index in [1.54, 1.807) is 4.90 Å². The van der Waals surface area contributed by atoms with E-state index in [9.17, 15) is 13.2 Å². The van der Waals surface area contributed by atoms with E-state index in [0.717, 1.165) is 0 Å². The van der Waals surface area contributed by atoms with Crippen LogP contribution >= 0.6 is 11.6 Å². The van der Waals surface area contributed by atoms with Crippen LogP contribution < -0.4 is 4.90 Å². The van der Waals surface area contributed by atoms with E-state index in [1.165, 1.54) is 12.3 Å². The predicted octanol–water partition coefficient (Wildman–Crippen LogP) is 0.668. The summed E-state index contributed by atoms with van der Waals surface area (Å²) < 4.78 is 22.6. The van der Waals surface area contributed by atoms with Crippen LogP contribution in [0.4, 0.5) is 5.82 Å². The Kier molecular flexibility index (Phi) is 3.45. The summed E-state index contributed by atoms with van der Waals surface area (Å²) in [6.07, 6.45) is 1.21. The molecule has 0 bridgehead atoms. The molecule has 6 nitrogen and oxygen atoms in total. The summed E-state index contributed by atoms with van der Waals surface area (Å²) in [6.45, 7) is 0.642. The van der Waals surface area contributed by atoms with Gasteiger partial charge in [-0.05, 0) is 6.07 Å². The summed E-state index contributed by atoms with van der Waals surface area (Å²) in [5.74, 6) is -0.550. The summed E-state index contributed by atoms with van der Waals surface area (Å²) in [6, 6.07) is 1.31. The van der Waals surface area contributed by atoms with Gasteiger partial charge >= 0.3 is 5.97 Å². The summed E-state index contributed by atoms with van der Waals surface area (Å²) in [7, 11) is -2.96. The van der Waals surface area contributed by atoms with Crippen molar-refractivity contribution in [3.63, 3.8) is 0 Å². The maximum Gasteiger partial charge on any atom is 0.337 e. The zero-order valence-electron chi connectivity index (χ0n) is 9.34. The molecule has 0 aliphatic carbocycles. The van der Waals surface area contributed by atoms with Crippen molar-refractivity contribution in [2.75, 3.05) is 29.5 Å². The number of carboxylic acids is 1. The van der Waals surface area contributed by atoms with Crippen LogP contribution in [0.15, 0.2) is 12.3 Å². The van der Waals surface area contributed by atoms with Crippen molar-refractivity contribution < 1.29 is 18.3 Å². The summed E-state index contributed by atoms with van der Waals surface area (Å²) in [5.41, 5.74) is 0.00776. The maximum atomic E-state index is 11.3. The fraction of sp³-hybridized carbons (Fsp3) is 0.400. The van der Waals surface area contributed by atoms with E-state index in [0.29, 0.717) is 18.9 Å². The fourth-order valence-corrected chi connectivity index (χ4v) is 3.19. The molecule has 0 unspecified atom stereocenters. The monoisotopic (exact) mass is 290 g/mol. The molecule has 2 rings (SSSR count). The van der Waals surface area contributed by atoms with Gasteiger partial charge in [0.25, 0.3) is 0 Å². The molecule has 0 atom stereocenters. The van der Waals surface area contributed by atoms with Gasteiger partial charge in [0.05, 0.1) is 22.1 Å². The summed E-state index contributed by atoms with van der Waals surface area (Å²) in [4.78, 5) is 16.5. The minimum Gasteiger partial charge on any atom is -0.478 e. The number of nitrogens with zero attached hydrogens (tertiary/aromatic N) is 2. The van der Waals surface area contributed by atoms with Gasteiger partial charge in [0, 0.05) is 19.3 Å². The van der Waals surface area contributed by atoms with Crippen molar-refractivity contribution in [3.05, 3.63) is 22.8 Å². The SMILES string of the molecule is O=C(O)c1cnc(N2CCS(=O)(=O)CC2)c(Cl)c1. The van der Waals surface area contributed by atoms with E-state index in [-0.39, 0.29) is 22.1 Å². The number of hydrogen-bond donors (Lipinski definition) is 1. The third-order valence-electron chi connectivity index (χ3n) is 2.71. The molecule has 8 heteroatoms. The summed E-state index contributed by atoms with van der Waals surface area (Å²) >= 11 is 5.96. The Morgan fingerprint density at radius 2 is 2.00 bits per heavy atom. The Labute approximate surface area is 109 Å². The van der Waals surface area contributed by atoms with Gasteiger partial charge in [-0.15, -0.1) is 0 Å². The number of rotatable bonds is 2. The van der Waals surface area contributed by atoms with Crippen molar-refractivity contribution in [2.45, 2.75) is 0 Å². The van der Waals surface area contributed by atoms with Gasteiger partial charge in [-0.2, -0.15) is 0 Å². The summed E-state index contributed by atoms with van der Waals surface area (Å²) in [5, 5.41) is 9.00. The number of hydrogen-bond acceptors (Lipinski definition) is 5. The Balaban J connectivity index is 2.22. The van der Waals surface area contributed by atoms with E-state index >= 15 is 0 Å². The topological polar surface area (TPSA) is 87.6 Å². The smallest absolute Gasteiger partial charge is 0.337 e. The minimum atomic E-state index is -2.96. The normalized spacial score (nSPS) is 18.6. The number of sulfone groups is 1. The quantitative estimate of drug-likeness (QED) is 0.861. The second-order valence-electron chi connectivity index (χ2n) is 3.97. The third-order valence-corrected chi connectivity index (χ3v) is 4.60. The lowest BCUT2D eigenvalue weighted by Gasteiger charge is -2.28. The van der Waals surface area contributed by atoms with E-state index in [4.69, 9.17) is 16.7 Å². The Bertz CT molecular complexity index is 574. The molecule has 2 heterocycles. The van der Waals surface area contributed by atoms with Crippen LogP contribution in [0.3, 0.4) is 0 Å². The molecular weight excluding hydrogens is 280 g/mol. The van der Waals surface area contributed by atoms with Gasteiger partial charge in [-0.25, -0.2) is 18.2 Å². The fourth-order valence-electron chi connectivity index (χ4n) is 1.70. The van der Waals surface area contributed by atoms with Crippen LogP contribution in [0, 0.1) is 0 Å². The second kappa shape index (κ2) is 4.74. The minimum absolute atomic E-state index is 0.00776. The number of carbonyl (C=O) groups is 1. The highest BCUT2D eigenvalue weighted by Gasteiger charge is 2.24. The number of anilines is 1. The van der Waals surface area contributed by atoms with E-state index in [2.05, 4.69) is 4.98 Å². The molecule has 0 amide bonds. The molecule has 0 saturated carbocycles. The van der Waals surface area contributed by atoms with Crippen LogP contribution in [0.2, 0.25) is 5.02 Å². The van der Waals surface area contributed by atoms with Gasteiger partial charge in [0.2, 0.25) is 0 Å². The van der Waals surface area contributed by atoms with E-state index in [1.807, 2.05) is 0 Å². The van der Waals surface area contributed by atoms with Crippen molar-refractivity contribution in [1.82, 2.24) is 4.98 Å². The highest BCUT2D eigenvalue weighted by molar-refractivity contribution is 7.91. The highest BCUT2D eigenvalue weighted by Crippen LogP contribution is 2.25. The van der Waals surface area contributed by atoms with Gasteiger partial charge < -0.3 is 10.0 Å². The van der Waals surface area contributed by atoms with Gasteiger partial charge in [0.15, 0.2) is 9.84 Å². The van der Waals surface area contributed by atoms with Crippen molar-refractivity contribution >= 4 is 33.2 Å².